The summed E-state index contributed by atoms with van der Waals surface area (Å²) in [4.78, 5) is 0. The van der Waals surface area contributed by atoms with E-state index in [1.165, 1.54) is 63.6 Å². The van der Waals surface area contributed by atoms with Gasteiger partial charge in [-0.15, -0.1) is 0 Å². The van der Waals surface area contributed by atoms with E-state index in [0.29, 0.717) is 0 Å². The minimum absolute atomic E-state index is 0. The van der Waals surface area contributed by atoms with Crippen molar-refractivity contribution in [3.05, 3.63) is 0 Å². The zero-order chi connectivity index (χ0) is 44.7. The molecule has 0 aromatic rings. The lowest BCUT2D eigenvalue weighted by atomic mass is 11.3. The molecule has 3 unspecified atom stereocenters. The highest BCUT2D eigenvalue weighted by Gasteiger charge is 2.15. The van der Waals surface area contributed by atoms with E-state index in [1.807, 2.05) is 4.72 Å². The maximum atomic E-state index is 10.8. The average Bonchev–Trinajstić information content (AvgIpc) is 3.14. The highest BCUT2D eigenvalue weighted by atomic mass is 32.2. The summed E-state index contributed by atoms with van der Waals surface area (Å²) in [5.41, 5.74) is 0. The largest absolute Gasteiger partial charge is 0.404 e. The fourth-order valence-electron chi connectivity index (χ4n) is 0.891. The smallest absolute Gasteiger partial charge is 0.300 e. The molecule has 0 spiro atoms. The van der Waals surface area contributed by atoms with Crippen LogP contribution in [0, 0.1) is 0 Å². The van der Waals surface area contributed by atoms with E-state index in [4.69, 9.17) is 0 Å². The highest BCUT2D eigenvalue weighted by Crippen LogP contribution is 2.39. The highest BCUT2D eigenvalue weighted by molar-refractivity contribution is 7.88. The molecule has 0 saturated carbocycles. The lowest BCUT2D eigenvalue weighted by Crippen LogP contribution is -2.32. The average molecular weight is 1070 g/mol. The first-order chi connectivity index (χ1) is 23.9. The molecule has 0 fully saturated rings. The van der Waals surface area contributed by atoms with Crippen molar-refractivity contribution in [2.24, 2.45) is 0 Å². The number of rotatable bonds is 15. The summed E-state index contributed by atoms with van der Waals surface area (Å²) in [5, 5.41) is 2.39. The molecule has 0 rings (SSSR count). The van der Waals surface area contributed by atoms with Gasteiger partial charge in [0.1, 0.15) is 0 Å². The van der Waals surface area contributed by atoms with Crippen LogP contribution < -0.4 is 42.9 Å². The molecule has 0 radical (unpaired) electrons. The topological polar surface area (TPSA) is 339 Å². The zero-order valence-electron chi connectivity index (χ0n) is 33.8. The van der Waals surface area contributed by atoms with Crippen molar-refractivity contribution >= 4 is 82.9 Å². The van der Waals surface area contributed by atoms with Gasteiger partial charge in [0, 0.05) is 62.8 Å². The van der Waals surface area contributed by atoms with Gasteiger partial charge in [-0.3, -0.25) is 8.37 Å². The van der Waals surface area contributed by atoms with Gasteiger partial charge < -0.3 is 9.05 Å². The third-order valence-electron chi connectivity index (χ3n) is 3.82. The summed E-state index contributed by atoms with van der Waals surface area (Å²) < 4.78 is 150. The van der Waals surface area contributed by atoms with Crippen LogP contribution in [0.2, 0.25) is 0 Å². The molecule has 0 aliphatic carbocycles. The van der Waals surface area contributed by atoms with Gasteiger partial charge in [-0.1, -0.05) is 59.4 Å². The lowest BCUT2D eigenvalue weighted by molar-refractivity contribution is 0.267. The van der Waals surface area contributed by atoms with Gasteiger partial charge in [0.25, 0.3) is 10.2 Å². The SMILES string of the molecule is C.C.C.C.C.C.C.C.CNP(=O)(OC)OC.CNS(=O)(=O)N(C)C.CNS(=O)(=O)OC.CNS(=O)N(C)C.CNS(=O)NC.CNS(=O)OC.CNS(C)(=O)=O.CNS(C)=O. The van der Waals surface area contributed by atoms with Crippen LogP contribution in [0.25, 0.3) is 0 Å². The van der Waals surface area contributed by atoms with Gasteiger partial charge in [-0.25, -0.2) is 72.3 Å². The summed E-state index contributed by atoms with van der Waals surface area (Å²) >= 11 is -3.31. The van der Waals surface area contributed by atoms with Crippen LogP contribution in [0.5, 0.6) is 0 Å². The van der Waals surface area contributed by atoms with Crippen LogP contribution in [-0.2, 0) is 97.1 Å². The van der Waals surface area contributed by atoms with E-state index in [2.05, 4.69) is 55.6 Å². The lowest BCUT2D eigenvalue weighted by Gasteiger charge is -2.09. The molecule has 34 heteroatoms. The van der Waals surface area contributed by atoms with Gasteiger partial charge in [-0.05, 0) is 49.3 Å². The van der Waals surface area contributed by atoms with Crippen molar-refractivity contribution in [2.75, 3.05) is 133 Å². The number of hydrogen-bond donors (Lipinski definition) is 9. The summed E-state index contributed by atoms with van der Waals surface area (Å²) in [6, 6.07) is 0. The van der Waals surface area contributed by atoms with E-state index >= 15 is 0 Å². The van der Waals surface area contributed by atoms with Gasteiger partial charge in [0.15, 0.2) is 22.3 Å². The second kappa shape index (κ2) is 69.1. The standard InChI is InChI=1S/C3H10N2O2S.C3H10N2OS.C3H10NO3P.C2H8N2OS.C2H7NO3S.2C2H7NO2S.C2H7NOS.8CH4/c1-4-8(6,7)5(2)3;1-4-7(6)5(2)3;1-4-8(5,6-2)7-3;1-3-6(5)4-2;1-3-7(4,5)6-2;1-3-6(2,4)5;1-3-6(4)5-2;1-3-5(2)4;;;;;;;;/h4H,1-3H3;4H,1-3H3;1-3H3,(H,4,5);3-4H,1-2H3;3H,1-2H3;2*3H,1-2H3;3H,1-2H3;8*1H4. The molecule has 0 saturated heterocycles. The number of hydrogen-bond acceptors (Lipinski definition) is 15. The van der Waals surface area contributed by atoms with Crippen molar-refractivity contribution in [2.45, 2.75) is 59.4 Å². The second-order valence-electron chi connectivity index (χ2n) is 7.59. The molecule has 0 aromatic heterocycles. The molecule has 0 aromatic carbocycles. The van der Waals surface area contributed by atoms with Crippen LogP contribution in [0.1, 0.15) is 59.4 Å². The van der Waals surface area contributed by atoms with Crippen LogP contribution in [0.3, 0.4) is 0 Å². The van der Waals surface area contributed by atoms with Crippen molar-refractivity contribution in [1.29, 1.82) is 0 Å². The van der Waals surface area contributed by atoms with E-state index in [9.17, 15) is 46.7 Å². The number of nitrogens with zero attached hydrogens (tertiary/aromatic N) is 2. The summed E-state index contributed by atoms with van der Waals surface area (Å²) in [6.45, 7) is 0. The molecule has 61 heavy (non-hydrogen) atoms. The summed E-state index contributed by atoms with van der Waals surface area (Å²) in [6.07, 6.45) is 2.69. The van der Waals surface area contributed by atoms with Crippen molar-refractivity contribution in [3.8, 4) is 0 Å². The molecule has 0 heterocycles. The van der Waals surface area contributed by atoms with E-state index in [1.54, 1.807) is 59.9 Å². The van der Waals surface area contributed by atoms with Gasteiger partial charge in [0.2, 0.25) is 21.3 Å². The number of nitrogens with one attached hydrogen (secondary N) is 9. The van der Waals surface area contributed by atoms with Crippen LogP contribution in [0.15, 0.2) is 0 Å². The maximum Gasteiger partial charge on any atom is 0.404 e. The Hall–Kier alpha value is 0.0800. The third-order valence-corrected chi connectivity index (χ3v) is 11.4. The number of sulfonamides is 1. The normalized spacial score (nSPS) is 11.0. The van der Waals surface area contributed by atoms with Gasteiger partial charge in [0.05, 0.1) is 31.5 Å². The summed E-state index contributed by atoms with van der Waals surface area (Å²) in [7, 11) is 11.9. The second-order valence-corrected chi connectivity index (χ2v) is 21.0. The first-order valence-corrected chi connectivity index (χ1v) is 24.7. The first-order valence-electron chi connectivity index (χ1n) is 13.5. The monoisotopic (exact) mass is 1070 g/mol. The Kier molecular flexibility index (Phi) is 123. The Labute approximate surface area is 388 Å². The Morgan fingerprint density at radius 2 is 0.852 bits per heavy atom. The molecule has 9 N–H and O–H groups in total. The maximum absolute atomic E-state index is 10.8. The van der Waals surface area contributed by atoms with Gasteiger partial charge in [-0.2, -0.15) is 25.9 Å². The minimum atomic E-state index is -3.41. The predicted molar refractivity (Wildman–Crippen MR) is 270 cm³/mol. The molecule has 26 nitrogen and oxygen atoms in total. The van der Waals surface area contributed by atoms with Crippen LogP contribution in [0.4, 0.5) is 0 Å². The Balaban J connectivity index is -0.0000000267. The van der Waals surface area contributed by atoms with E-state index in [0.717, 1.165) is 17.7 Å². The Bertz CT molecular complexity index is 1250. The first kappa shape index (κ1) is 108. The molecular formula is C27H98N11O15PS7. The molecule has 398 valence electrons. The van der Waals surface area contributed by atoms with Crippen LogP contribution in [-0.4, -0.2) is 183 Å². The van der Waals surface area contributed by atoms with Gasteiger partial charge >= 0.3 is 18.1 Å². The molecule has 0 bridgehead atoms. The Morgan fingerprint density at radius 1 is 0.541 bits per heavy atom. The molecule has 0 amide bonds. The van der Waals surface area contributed by atoms with Crippen molar-refractivity contribution in [1.82, 2.24) is 51.5 Å². The fraction of sp³-hybridized carbons (Fsp3) is 1.00. The Morgan fingerprint density at radius 3 is 0.852 bits per heavy atom. The minimum Gasteiger partial charge on any atom is -0.300 e. The van der Waals surface area contributed by atoms with Crippen molar-refractivity contribution < 1.29 is 64.1 Å². The fourth-order valence-corrected chi connectivity index (χ4v) is 2.67. The molecule has 0 aliphatic rings. The molecular weight excluding hydrogens is 974 g/mol. The quantitative estimate of drug-likeness (QED) is 0.0993. The summed E-state index contributed by atoms with van der Waals surface area (Å²) in [5.74, 6) is 0. The predicted octanol–water partition coefficient (Wildman–Crippen LogP) is 0.250. The molecule has 3 atom stereocenters. The third kappa shape index (κ3) is 109. The molecule has 0 aliphatic heterocycles. The van der Waals surface area contributed by atoms with Crippen molar-refractivity contribution in [3.63, 3.8) is 0 Å². The van der Waals surface area contributed by atoms with Crippen LogP contribution >= 0.6 is 7.75 Å². The zero-order valence-corrected chi connectivity index (χ0v) is 40.4. The van der Waals surface area contributed by atoms with E-state index in [-0.39, 0.29) is 59.4 Å². The van der Waals surface area contributed by atoms with E-state index < -0.39 is 82.9 Å².